The molecule has 0 aromatic heterocycles. The van der Waals surface area contributed by atoms with Gasteiger partial charge in [0.25, 0.3) is 0 Å². The van der Waals surface area contributed by atoms with Crippen LogP contribution < -0.4 is 0 Å². The molecule has 0 aliphatic heterocycles. The Balaban J connectivity index is 3.56. The topological polar surface area (TPSA) is 72.8 Å². The van der Waals surface area contributed by atoms with Crippen LogP contribution in [-0.2, 0) is 19.1 Å². The molecule has 5 heteroatoms. The van der Waals surface area contributed by atoms with Crippen molar-refractivity contribution >= 4 is 11.9 Å². The largest absolute Gasteiger partial charge is 0.462 e. The van der Waals surface area contributed by atoms with Gasteiger partial charge in [-0.2, -0.15) is 0 Å². The van der Waals surface area contributed by atoms with Gasteiger partial charge in [-0.1, -0.05) is 238 Å². The zero-order chi connectivity index (χ0) is 47.7. The van der Waals surface area contributed by atoms with E-state index in [2.05, 4.69) is 135 Å². The van der Waals surface area contributed by atoms with Crippen LogP contribution in [-0.4, -0.2) is 36.4 Å². The first-order valence-electron chi connectivity index (χ1n) is 27.1. The summed E-state index contributed by atoms with van der Waals surface area (Å²) in [5.74, 6) is -0.623. The molecule has 0 radical (unpaired) electrons. The quantitative estimate of drug-likeness (QED) is 0.0374. The predicted octanol–water partition coefficient (Wildman–Crippen LogP) is 18.3. The van der Waals surface area contributed by atoms with E-state index in [1.807, 2.05) is 0 Å². The van der Waals surface area contributed by atoms with Gasteiger partial charge in [-0.3, -0.25) is 9.59 Å². The van der Waals surface area contributed by atoms with Gasteiger partial charge in [-0.05, 0) is 103 Å². The third-order valence-electron chi connectivity index (χ3n) is 11.3. The van der Waals surface area contributed by atoms with Gasteiger partial charge in [-0.15, -0.1) is 0 Å². The monoisotopic (exact) mass is 913 g/mol. The minimum Gasteiger partial charge on any atom is -0.462 e. The van der Waals surface area contributed by atoms with Crippen LogP contribution in [0.15, 0.2) is 122 Å². The van der Waals surface area contributed by atoms with E-state index in [1.54, 1.807) is 0 Å². The molecule has 0 aromatic carbocycles. The first kappa shape index (κ1) is 62.3. The molecule has 0 saturated heterocycles. The lowest BCUT2D eigenvalue weighted by molar-refractivity contribution is -0.161. The van der Waals surface area contributed by atoms with Crippen molar-refractivity contribution in [3.63, 3.8) is 0 Å². The van der Waals surface area contributed by atoms with Gasteiger partial charge < -0.3 is 14.6 Å². The number of unbranched alkanes of at least 4 members (excludes halogenated alkanes) is 20. The Morgan fingerprint density at radius 3 is 0.909 bits per heavy atom. The highest BCUT2D eigenvalue weighted by molar-refractivity contribution is 5.70. The predicted molar refractivity (Wildman–Crippen MR) is 288 cm³/mol. The standard InChI is InChI=1S/C61H100O5/c1-3-5-7-9-11-13-15-17-19-21-23-25-27-28-29-30-31-32-34-35-37-39-41-43-45-47-49-51-53-55-60(63)65-58-59(57-62)66-61(64)56-54-52-50-48-46-44-42-40-38-36-33-26-24-22-20-18-16-14-12-10-8-6-4-2/h5-8,11-14,17-20,23-26,36,38,42,44,59,62H,3-4,9-10,15-16,21-22,27-35,37,39-41,43,45-58H2,1-2H3/b7-5-,8-6-,13-11-,14-12-,19-17-,20-18-,25-23-,26-24-,38-36-,44-42-. The maximum absolute atomic E-state index is 12.3. The van der Waals surface area contributed by atoms with Crippen LogP contribution in [0, 0.1) is 0 Å². The summed E-state index contributed by atoms with van der Waals surface area (Å²) in [4.78, 5) is 24.5. The molecule has 0 saturated carbocycles. The third-order valence-corrected chi connectivity index (χ3v) is 11.3. The molecular formula is C61H100O5. The van der Waals surface area contributed by atoms with E-state index in [0.29, 0.717) is 12.8 Å². The summed E-state index contributed by atoms with van der Waals surface area (Å²) in [6, 6.07) is 0. The number of carbonyl (C=O) groups is 2. The van der Waals surface area contributed by atoms with Crippen molar-refractivity contribution in [3.05, 3.63) is 122 Å². The maximum Gasteiger partial charge on any atom is 0.306 e. The Kier molecular flexibility index (Phi) is 52.5. The molecular weight excluding hydrogens is 813 g/mol. The highest BCUT2D eigenvalue weighted by Crippen LogP contribution is 2.15. The van der Waals surface area contributed by atoms with Crippen molar-refractivity contribution in [2.45, 2.75) is 238 Å². The lowest BCUT2D eigenvalue weighted by atomic mass is 10.0. The van der Waals surface area contributed by atoms with E-state index in [-0.39, 0.29) is 25.2 Å². The molecule has 5 nitrogen and oxygen atoms in total. The first-order chi connectivity index (χ1) is 32.6. The van der Waals surface area contributed by atoms with Gasteiger partial charge in [0.15, 0.2) is 6.10 Å². The summed E-state index contributed by atoms with van der Waals surface area (Å²) in [5, 5.41) is 9.64. The van der Waals surface area contributed by atoms with E-state index >= 15 is 0 Å². The van der Waals surface area contributed by atoms with Crippen LogP contribution in [0.2, 0.25) is 0 Å². The lowest BCUT2D eigenvalue weighted by Crippen LogP contribution is -2.28. The van der Waals surface area contributed by atoms with Crippen molar-refractivity contribution in [2.24, 2.45) is 0 Å². The number of rotatable bonds is 48. The fourth-order valence-corrected chi connectivity index (χ4v) is 7.26. The second-order valence-corrected chi connectivity index (χ2v) is 17.5. The highest BCUT2D eigenvalue weighted by Gasteiger charge is 2.16. The zero-order valence-corrected chi connectivity index (χ0v) is 42.7. The molecule has 1 atom stereocenters. The number of allylic oxidation sites excluding steroid dienone is 20. The van der Waals surface area contributed by atoms with Gasteiger partial charge in [0.1, 0.15) is 6.61 Å². The van der Waals surface area contributed by atoms with Crippen LogP contribution in [0.4, 0.5) is 0 Å². The number of ether oxygens (including phenoxy) is 2. The van der Waals surface area contributed by atoms with Crippen LogP contribution in [0.1, 0.15) is 232 Å². The maximum atomic E-state index is 12.3. The average molecular weight is 913 g/mol. The van der Waals surface area contributed by atoms with E-state index in [0.717, 1.165) is 116 Å². The van der Waals surface area contributed by atoms with Crippen molar-refractivity contribution < 1.29 is 24.2 Å². The van der Waals surface area contributed by atoms with Gasteiger partial charge in [0, 0.05) is 12.8 Å². The van der Waals surface area contributed by atoms with Gasteiger partial charge in [0.2, 0.25) is 0 Å². The summed E-state index contributed by atoms with van der Waals surface area (Å²) in [5.41, 5.74) is 0. The van der Waals surface area contributed by atoms with Crippen molar-refractivity contribution in [1.82, 2.24) is 0 Å². The van der Waals surface area contributed by atoms with Crippen molar-refractivity contribution in [2.75, 3.05) is 13.2 Å². The van der Waals surface area contributed by atoms with Crippen molar-refractivity contribution in [3.8, 4) is 0 Å². The molecule has 0 aliphatic rings. The Bertz CT molecular complexity index is 1350. The number of aliphatic hydroxyl groups excluding tert-OH is 1. The van der Waals surface area contributed by atoms with E-state index in [1.165, 1.54) is 89.9 Å². The van der Waals surface area contributed by atoms with Gasteiger partial charge >= 0.3 is 11.9 Å². The number of aliphatic hydroxyl groups is 1. The van der Waals surface area contributed by atoms with E-state index in [4.69, 9.17) is 9.47 Å². The SMILES string of the molecule is CC/C=C\C/C=C\C/C=C\C/C=C\C/C=C\C/C=C\CCCCCCC(=O)OC(CO)COC(=O)CCCCCCCCCCCCCCCCCC/C=C\C/C=C\C/C=C\C/C=C\CC. The molecule has 0 bridgehead atoms. The number of esters is 2. The van der Waals surface area contributed by atoms with Gasteiger partial charge in [0.05, 0.1) is 6.61 Å². The summed E-state index contributed by atoms with van der Waals surface area (Å²) in [6.07, 6.45) is 81.6. The van der Waals surface area contributed by atoms with Crippen LogP contribution in [0.5, 0.6) is 0 Å². The second kappa shape index (κ2) is 55.6. The molecule has 1 N–H and O–H groups in total. The number of hydrogen-bond donors (Lipinski definition) is 1. The fraction of sp³-hybridized carbons (Fsp3) is 0.639. The average Bonchev–Trinajstić information content (AvgIpc) is 3.32. The molecule has 66 heavy (non-hydrogen) atoms. The van der Waals surface area contributed by atoms with Gasteiger partial charge in [-0.25, -0.2) is 0 Å². The smallest absolute Gasteiger partial charge is 0.306 e. The van der Waals surface area contributed by atoms with Crippen LogP contribution >= 0.6 is 0 Å². The summed E-state index contributed by atoms with van der Waals surface area (Å²) < 4.78 is 10.7. The van der Waals surface area contributed by atoms with E-state index in [9.17, 15) is 14.7 Å². The Hall–Kier alpha value is -3.70. The number of carbonyl (C=O) groups excluding carboxylic acids is 2. The molecule has 0 aliphatic carbocycles. The molecule has 0 amide bonds. The highest BCUT2D eigenvalue weighted by atomic mass is 16.6. The molecule has 1 unspecified atom stereocenters. The minimum atomic E-state index is -0.794. The minimum absolute atomic E-state index is 0.0826. The molecule has 0 rings (SSSR count). The molecule has 0 heterocycles. The lowest BCUT2D eigenvalue weighted by Gasteiger charge is -2.15. The normalized spacial score (nSPS) is 13.2. The summed E-state index contributed by atoms with van der Waals surface area (Å²) >= 11 is 0. The Labute approximate surface area is 407 Å². The number of hydrogen-bond acceptors (Lipinski definition) is 5. The van der Waals surface area contributed by atoms with Crippen molar-refractivity contribution in [1.29, 1.82) is 0 Å². The Morgan fingerprint density at radius 2 is 0.606 bits per heavy atom. The molecule has 0 spiro atoms. The van der Waals surface area contributed by atoms with Crippen LogP contribution in [0.3, 0.4) is 0 Å². The summed E-state index contributed by atoms with van der Waals surface area (Å²) in [6.45, 7) is 3.90. The molecule has 0 fully saturated rings. The van der Waals surface area contributed by atoms with E-state index < -0.39 is 6.10 Å². The van der Waals surface area contributed by atoms with Crippen LogP contribution in [0.25, 0.3) is 0 Å². The molecule has 374 valence electrons. The third kappa shape index (κ3) is 52.9. The second-order valence-electron chi connectivity index (χ2n) is 17.5. The first-order valence-corrected chi connectivity index (χ1v) is 27.1. The zero-order valence-electron chi connectivity index (χ0n) is 42.7. The molecule has 0 aromatic rings. The Morgan fingerprint density at radius 1 is 0.348 bits per heavy atom. The fourth-order valence-electron chi connectivity index (χ4n) is 7.26. The summed E-state index contributed by atoms with van der Waals surface area (Å²) in [7, 11) is 0.